The van der Waals surface area contributed by atoms with Gasteiger partial charge in [-0.05, 0) is 37.0 Å². The molecule has 3 heteroatoms. The van der Waals surface area contributed by atoms with Crippen LogP contribution < -0.4 is 0 Å². The largest absolute Gasteiger partial charge is 0.388 e. The Labute approximate surface area is 104 Å². The van der Waals surface area contributed by atoms with Gasteiger partial charge in [0.1, 0.15) is 0 Å². The Balaban J connectivity index is 1.79. The van der Waals surface area contributed by atoms with Gasteiger partial charge in [0.15, 0.2) is 0 Å². The summed E-state index contributed by atoms with van der Waals surface area (Å²) in [5.41, 5.74) is -0.179. The summed E-state index contributed by atoms with van der Waals surface area (Å²) in [6.45, 7) is 10.3. The molecule has 0 aromatic heterocycles. The number of fused-ring (bicyclic) bond motifs is 2. The molecule has 4 rings (SSSR count). The van der Waals surface area contributed by atoms with Crippen LogP contribution in [0.3, 0.4) is 0 Å². The molecule has 3 aliphatic carbocycles. The first kappa shape index (κ1) is 11.9. The van der Waals surface area contributed by atoms with Crippen molar-refractivity contribution in [3.8, 4) is 0 Å². The predicted octanol–water partition coefficient (Wildman–Crippen LogP) is 1.50. The molecule has 0 unspecified atom stereocenters. The van der Waals surface area contributed by atoms with E-state index < -0.39 is 5.60 Å². The lowest BCUT2D eigenvalue weighted by atomic mass is 9.43. The standard InChI is InChI=1S/C14H25NO2/c1-13(2)10-8-11(13)14(3,16)12(9-10)15-4-6-17-7-5-15/h10-12,16H,4-9H2,1-3H3/t10-,11-,12+,14-/m1/s1. The van der Waals surface area contributed by atoms with Crippen LogP contribution in [-0.2, 0) is 4.74 Å². The molecule has 0 spiro atoms. The molecule has 0 radical (unpaired) electrons. The number of hydrogen-bond acceptors (Lipinski definition) is 3. The van der Waals surface area contributed by atoms with Crippen molar-refractivity contribution in [2.45, 2.75) is 45.3 Å². The lowest BCUT2D eigenvalue weighted by Crippen LogP contribution is -2.70. The van der Waals surface area contributed by atoms with E-state index in [2.05, 4.69) is 25.7 Å². The van der Waals surface area contributed by atoms with Gasteiger partial charge in [-0.3, -0.25) is 4.90 Å². The molecule has 1 heterocycles. The quantitative estimate of drug-likeness (QED) is 0.753. The predicted molar refractivity (Wildman–Crippen MR) is 66.8 cm³/mol. The van der Waals surface area contributed by atoms with Gasteiger partial charge in [-0.1, -0.05) is 13.8 Å². The summed E-state index contributed by atoms with van der Waals surface area (Å²) in [5.74, 6) is 1.28. The van der Waals surface area contributed by atoms with Crippen LogP contribution in [0.1, 0.15) is 33.6 Å². The Bertz CT molecular complexity index is 307. The zero-order chi connectivity index (χ0) is 12.3. The van der Waals surface area contributed by atoms with Crippen molar-refractivity contribution in [3.63, 3.8) is 0 Å². The zero-order valence-electron chi connectivity index (χ0n) is 11.3. The highest BCUT2D eigenvalue weighted by Crippen LogP contribution is 2.63. The second-order valence-corrected chi connectivity index (χ2v) is 6.93. The van der Waals surface area contributed by atoms with Gasteiger partial charge in [0, 0.05) is 19.1 Å². The fourth-order valence-corrected chi connectivity index (χ4v) is 4.56. The lowest BCUT2D eigenvalue weighted by Gasteiger charge is -2.66. The molecule has 1 N–H and O–H groups in total. The summed E-state index contributed by atoms with van der Waals surface area (Å²) in [6, 6.07) is 0.350. The van der Waals surface area contributed by atoms with E-state index in [1.807, 2.05) is 0 Å². The number of nitrogens with zero attached hydrogens (tertiary/aromatic N) is 1. The highest BCUT2D eigenvalue weighted by Gasteiger charge is 2.63. The number of ether oxygens (including phenoxy) is 1. The van der Waals surface area contributed by atoms with Gasteiger partial charge in [-0.15, -0.1) is 0 Å². The maximum atomic E-state index is 10.9. The smallest absolute Gasteiger partial charge is 0.0807 e. The van der Waals surface area contributed by atoms with Gasteiger partial charge in [-0.2, -0.15) is 0 Å². The van der Waals surface area contributed by atoms with Crippen molar-refractivity contribution in [2.24, 2.45) is 17.3 Å². The van der Waals surface area contributed by atoms with E-state index in [1.165, 1.54) is 6.42 Å². The fraction of sp³-hybridized carbons (Fsp3) is 1.00. The first-order chi connectivity index (χ1) is 7.94. The van der Waals surface area contributed by atoms with Crippen LogP contribution in [-0.4, -0.2) is 48.0 Å². The third kappa shape index (κ3) is 1.59. The van der Waals surface area contributed by atoms with Crippen LogP contribution in [0.25, 0.3) is 0 Å². The summed E-state index contributed by atoms with van der Waals surface area (Å²) < 4.78 is 5.41. The van der Waals surface area contributed by atoms with Crippen molar-refractivity contribution in [2.75, 3.05) is 26.3 Å². The van der Waals surface area contributed by atoms with Crippen molar-refractivity contribution < 1.29 is 9.84 Å². The van der Waals surface area contributed by atoms with Crippen LogP contribution in [0.15, 0.2) is 0 Å². The van der Waals surface area contributed by atoms with Gasteiger partial charge in [-0.25, -0.2) is 0 Å². The van der Waals surface area contributed by atoms with Crippen molar-refractivity contribution in [1.29, 1.82) is 0 Å². The SMILES string of the molecule is CC1(C)[C@H]2C[C@H](N3CCOCC3)[C@](C)(O)[C@@H]1C2. The second-order valence-electron chi connectivity index (χ2n) is 6.93. The van der Waals surface area contributed by atoms with E-state index in [-0.39, 0.29) is 0 Å². The minimum Gasteiger partial charge on any atom is -0.388 e. The number of morpholine rings is 1. The third-order valence-corrected chi connectivity index (χ3v) is 5.84. The molecule has 3 nitrogen and oxygen atoms in total. The average molecular weight is 239 g/mol. The number of aliphatic hydroxyl groups is 1. The molecule has 0 amide bonds. The summed E-state index contributed by atoms with van der Waals surface area (Å²) in [4.78, 5) is 2.46. The maximum absolute atomic E-state index is 10.9. The molecule has 0 aromatic carbocycles. The molecule has 2 bridgehead atoms. The maximum Gasteiger partial charge on any atom is 0.0807 e. The highest BCUT2D eigenvalue weighted by molar-refractivity contribution is 5.14. The Morgan fingerprint density at radius 2 is 1.76 bits per heavy atom. The van der Waals surface area contributed by atoms with Crippen molar-refractivity contribution in [1.82, 2.24) is 4.90 Å². The monoisotopic (exact) mass is 239 g/mol. The summed E-state index contributed by atoms with van der Waals surface area (Å²) in [6.07, 6.45) is 2.39. The normalized spacial score (nSPS) is 49.8. The third-order valence-electron chi connectivity index (χ3n) is 5.84. The van der Waals surface area contributed by atoms with Crippen LogP contribution in [0.2, 0.25) is 0 Å². The molecule has 98 valence electrons. The Hall–Kier alpha value is -0.120. The summed E-state index contributed by atoms with van der Waals surface area (Å²) in [5, 5.41) is 10.9. The van der Waals surface area contributed by atoms with E-state index in [9.17, 15) is 5.11 Å². The number of hydrogen-bond donors (Lipinski definition) is 1. The van der Waals surface area contributed by atoms with Gasteiger partial charge in [0.2, 0.25) is 0 Å². The summed E-state index contributed by atoms with van der Waals surface area (Å²) in [7, 11) is 0. The average Bonchev–Trinajstić information content (AvgIpc) is 2.28. The first-order valence-electron chi connectivity index (χ1n) is 6.98. The Morgan fingerprint density at radius 3 is 2.29 bits per heavy atom. The molecule has 4 atom stereocenters. The van der Waals surface area contributed by atoms with Gasteiger partial charge < -0.3 is 9.84 Å². The lowest BCUT2D eigenvalue weighted by molar-refractivity contribution is -0.234. The van der Waals surface area contributed by atoms with Crippen LogP contribution in [0.5, 0.6) is 0 Å². The molecule has 3 saturated carbocycles. The van der Waals surface area contributed by atoms with Gasteiger partial charge in [0.25, 0.3) is 0 Å². The van der Waals surface area contributed by atoms with E-state index >= 15 is 0 Å². The van der Waals surface area contributed by atoms with Crippen molar-refractivity contribution >= 4 is 0 Å². The molecular formula is C14H25NO2. The molecule has 4 fully saturated rings. The fourth-order valence-electron chi connectivity index (χ4n) is 4.56. The molecule has 1 saturated heterocycles. The van der Waals surface area contributed by atoms with E-state index in [1.54, 1.807) is 0 Å². The minimum atomic E-state index is -0.518. The van der Waals surface area contributed by atoms with Crippen molar-refractivity contribution in [3.05, 3.63) is 0 Å². The van der Waals surface area contributed by atoms with E-state index in [0.717, 1.165) is 38.6 Å². The van der Waals surface area contributed by atoms with E-state index in [0.29, 0.717) is 17.4 Å². The number of rotatable bonds is 1. The minimum absolute atomic E-state index is 0.340. The molecule has 4 aliphatic rings. The molecule has 0 aromatic rings. The molecular weight excluding hydrogens is 214 g/mol. The molecule has 1 aliphatic heterocycles. The van der Waals surface area contributed by atoms with Crippen LogP contribution >= 0.6 is 0 Å². The first-order valence-corrected chi connectivity index (χ1v) is 6.98. The Kier molecular flexibility index (Phi) is 2.59. The summed E-state index contributed by atoms with van der Waals surface area (Å²) >= 11 is 0. The Morgan fingerprint density at radius 1 is 1.12 bits per heavy atom. The zero-order valence-corrected chi connectivity index (χ0v) is 11.3. The van der Waals surface area contributed by atoms with Crippen LogP contribution in [0.4, 0.5) is 0 Å². The van der Waals surface area contributed by atoms with E-state index in [4.69, 9.17) is 4.74 Å². The van der Waals surface area contributed by atoms with Gasteiger partial charge in [0.05, 0.1) is 18.8 Å². The highest BCUT2D eigenvalue weighted by atomic mass is 16.5. The van der Waals surface area contributed by atoms with Crippen LogP contribution in [0, 0.1) is 17.3 Å². The topological polar surface area (TPSA) is 32.7 Å². The second kappa shape index (κ2) is 3.69. The molecule has 17 heavy (non-hydrogen) atoms. The van der Waals surface area contributed by atoms with Gasteiger partial charge >= 0.3 is 0 Å².